The molecular formula is C34H45N5O6. The minimum Gasteiger partial charge on any atom is -0.481 e. The molecule has 2 fully saturated rings. The molecule has 1 spiro atoms. The molecule has 1 aliphatic heterocycles. The van der Waals surface area contributed by atoms with E-state index >= 15 is 0 Å². The third-order valence-corrected chi connectivity index (χ3v) is 8.42. The number of para-hydroxylation sites is 1. The van der Waals surface area contributed by atoms with E-state index in [1.165, 1.54) is 0 Å². The van der Waals surface area contributed by atoms with Gasteiger partial charge in [0.25, 0.3) is 5.91 Å². The van der Waals surface area contributed by atoms with Crippen LogP contribution in [0, 0.1) is 11.8 Å². The Kier molecular flexibility index (Phi) is 10.8. The Morgan fingerprint density at radius 3 is 1.98 bits per heavy atom. The van der Waals surface area contributed by atoms with E-state index < -0.39 is 35.5 Å². The normalized spacial score (nSPS) is 17.2. The third kappa shape index (κ3) is 8.20. The van der Waals surface area contributed by atoms with Crippen LogP contribution in [0.15, 0.2) is 54.6 Å². The van der Waals surface area contributed by atoms with E-state index in [9.17, 15) is 29.1 Å². The van der Waals surface area contributed by atoms with Crippen LogP contribution in [0.3, 0.4) is 0 Å². The number of carbonyl (C=O) groups is 5. The van der Waals surface area contributed by atoms with Crippen LogP contribution in [0.5, 0.6) is 0 Å². The van der Waals surface area contributed by atoms with Gasteiger partial charge in [-0.15, -0.1) is 0 Å². The fourth-order valence-corrected chi connectivity index (χ4v) is 6.41. The maximum absolute atomic E-state index is 14.2. The fourth-order valence-electron chi connectivity index (χ4n) is 6.41. The summed E-state index contributed by atoms with van der Waals surface area (Å²) in [6, 6.07) is 13.6. The Balaban J connectivity index is 1.53. The number of anilines is 2. The first-order valence-electron chi connectivity index (χ1n) is 15.8. The summed E-state index contributed by atoms with van der Waals surface area (Å²) in [5.41, 5.74) is 0.982. The maximum atomic E-state index is 14.2. The number of hydrogen-bond acceptors (Lipinski definition) is 5. The Labute approximate surface area is 264 Å². The second-order valence-electron chi connectivity index (χ2n) is 13.0. The van der Waals surface area contributed by atoms with E-state index in [2.05, 4.69) is 16.0 Å². The molecule has 6 amide bonds. The summed E-state index contributed by atoms with van der Waals surface area (Å²) in [4.78, 5) is 68.7. The minimum absolute atomic E-state index is 0.00270. The average molecular weight is 620 g/mol. The van der Waals surface area contributed by atoms with E-state index in [1.54, 1.807) is 29.2 Å². The van der Waals surface area contributed by atoms with Gasteiger partial charge in [-0.1, -0.05) is 70.9 Å². The number of benzene rings is 2. The molecule has 11 heteroatoms. The predicted octanol–water partition coefficient (Wildman–Crippen LogP) is 5.83. The van der Waals surface area contributed by atoms with Crippen LogP contribution in [0.4, 0.5) is 21.0 Å². The van der Waals surface area contributed by atoms with E-state index in [-0.39, 0.29) is 43.2 Å². The van der Waals surface area contributed by atoms with Gasteiger partial charge >= 0.3 is 18.0 Å². The van der Waals surface area contributed by atoms with Crippen LogP contribution in [0.2, 0.25) is 0 Å². The average Bonchev–Trinajstić information content (AvgIpc) is 3.53. The molecule has 11 nitrogen and oxygen atoms in total. The summed E-state index contributed by atoms with van der Waals surface area (Å²) in [5, 5.41) is 17.8. The van der Waals surface area contributed by atoms with E-state index in [0.29, 0.717) is 30.6 Å². The molecule has 0 radical (unpaired) electrons. The lowest BCUT2D eigenvalue weighted by atomic mass is 9.93. The summed E-state index contributed by atoms with van der Waals surface area (Å²) in [7, 11) is 0. The quantitative estimate of drug-likeness (QED) is 0.208. The van der Waals surface area contributed by atoms with E-state index in [0.717, 1.165) is 23.3 Å². The molecule has 1 aliphatic carbocycles. The zero-order chi connectivity index (χ0) is 32.7. The number of hydrogen-bond donors (Lipinski definition) is 4. The van der Waals surface area contributed by atoms with Crippen molar-refractivity contribution >= 4 is 41.2 Å². The van der Waals surface area contributed by atoms with Crippen molar-refractivity contribution in [3.05, 3.63) is 60.2 Å². The van der Waals surface area contributed by atoms with Crippen LogP contribution in [0.1, 0.15) is 78.2 Å². The highest BCUT2D eigenvalue weighted by molar-refractivity contribution is 6.10. The van der Waals surface area contributed by atoms with Crippen molar-refractivity contribution in [3.63, 3.8) is 0 Å². The largest absolute Gasteiger partial charge is 0.481 e. The Hall–Kier alpha value is -4.41. The maximum Gasteiger partial charge on any atom is 0.328 e. The van der Waals surface area contributed by atoms with Crippen molar-refractivity contribution in [2.24, 2.45) is 11.8 Å². The van der Waals surface area contributed by atoms with Gasteiger partial charge in [0.2, 0.25) is 5.91 Å². The molecule has 0 bridgehead atoms. The summed E-state index contributed by atoms with van der Waals surface area (Å²) in [6.07, 6.45) is 3.09. The molecular weight excluding hydrogens is 574 g/mol. The van der Waals surface area contributed by atoms with Gasteiger partial charge in [-0.05, 0) is 67.3 Å². The van der Waals surface area contributed by atoms with E-state index in [1.807, 2.05) is 58.0 Å². The number of carboxylic acid groups (broad SMARTS) is 1. The Morgan fingerprint density at radius 1 is 0.844 bits per heavy atom. The zero-order valence-corrected chi connectivity index (χ0v) is 26.5. The smallest absolute Gasteiger partial charge is 0.328 e. The monoisotopic (exact) mass is 619 g/mol. The van der Waals surface area contributed by atoms with E-state index in [4.69, 9.17) is 0 Å². The molecule has 45 heavy (non-hydrogen) atoms. The molecule has 4 rings (SSSR count). The number of rotatable bonds is 13. The number of carbonyl (C=O) groups excluding carboxylic acids is 4. The number of nitrogens with zero attached hydrogens (tertiary/aromatic N) is 2. The lowest BCUT2D eigenvalue weighted by molar-refractivity contribution is -0.141. The first kappa shape index (κ1) is 33.5. The molecule has 0 aromatic heterocycles. The summed E-state index contributed by atoms with van der Waals surface area (Å²) < 4.78 is 0. The molecule has 2 atom stereocenters. The van der Waals surface area contributed by atoms with Crippen molar-refractivity contribution in [1.29, 1.82) is 0 Å². The molecule has 4 N–H and O–H groups in total. The number of aliphatic carboxylic acids is 1. The number of imide groups is 1. The molecule has 1 heterocycles. The fraction of sp³-hybridized carbons (Fsp3) is 0.500. The van der Waals surface area contributed by atoms with Crippen LogP contribution in [-0.2, 0) is 20.9 Å². The van der Waals surface area contributed by atoms with Crippen molar-refractivity contribution in [2.45, 2.75) is 96.8 Å². The van der Waals surface area contributed by atoms with Crippen LogP contribution < -0.4 is 16.0 Å². The predicted molar refractivity (Wildman–Crippen MR) is 171 cm³/mol. The lowest BCUT2D eigenvalue weighted by Gasteiger charge is -2.31. The molecule has 1 saturated heterocycles. The highest BCUT2D eigenvalue weighted by Crippen LogP contribution is 2.44. The van der Waals surface area contributed by atoms with Crippen molar-refractivity contribution in [3.8, 4) is 0 Å². The molecule has 2 aromatic carbocycles. The van der Waals surface area contributed by atoms with Crippen LogP contribution in [0.25, 0.3) is 0 Å². The Bertz CT molecular complexity index is 1370. The Morgan fingerprint density at radius 2 is 1.42 bits per heavy atom. The number of nitrogens with one attached hydrogen (secondary N) is 3. The summed E-state index contributed by atoms with van der Waals surface area (Å²) in [6.45, 7) is 7.91. The number of amides is 6. The summed E-state index contributed by atoms with van der Waals surface area (Å²) in [5.74, 6) is -1.75. The van der Waals surface area contributed by atoms with Crippen molar-refractivity contribution in [1.82, 2.24) is 15.1 Å². The van der Waals surface area contributed by atoms with Gasteiger partial charge in [-0.25, -0.2) is 14.5 Å². The van der Waals surface area contributed by atoms with Crippen molar-refractivity contribution in [2.75, 3.05) is 10.6 Å². The molecule has 242 valence electrons. The SMILES string of the molecule is CC(C)CC(CC(=O)O)NC(=O)C(CC(C)C)N1C(=O)N(Cc2ccc(NC(=O)Nc3ccccc3)cc2)C2(CCCC2)C1=O. The highest BCUT2D eigenvalue weighted by atomic mass is 16.4. The van der Waals surface area contributed by atoms with Gasteiger partial charge in [0.1, 0.15) is 11.6 Å². The second-order valence-corrected chi connectivity index (χ2v) is 13.0. The minimum atomic E-state index is -1.05. The van der Waals surface area contributed by atoms with Crippen LogP contribution in [-0.4, -0.2) is 62.4 Å². The summed E-state index contributed by atoms with van der Waals surface area (Å²) >= 11 is 0. The van der Waals surface area contributed by atoms with Gasteiger partial charge in [0.15, 0.2) is 0 Å². The topological polar surface area (TPSA) is 148 Å². The molecule has 2 unspecified atom stereocenters. The first-order valence-corrected chi connectivity index (χ1v) is 15.8. The highest BCUT2D eigenvalue weighted by Gasteiger charge is 2.60. The first-order chi connectivity index (χ1) is 21.4. The number of carboxylic acids is 1. The number of urea groups is 2. The van der Waals surface area contributed by atoms with Gasteiger partial charge in [-0.3, -0.25) is 14.4 Å². The van der Waals surface area contributed by atoms with Gasteiger partial charge in [0.05, 0.1) is 6.42 Å². The molecule has 1 saturated carbocycles. The lowest BCUT2D eigenvalue weighted by Crippen LogP contribution is -2.54. The second kappa shape index (κ2) is 14.6. The standard InChI is InChI=1S/C34H45N5O6/c1-22(2)18-27(20-29(40)41)35-30(42)28(19-23(3)4)39-31(43)34(16-8-9-17-34)38(33(39)45)21-24-12-14-26(15-13-24)37-32(44)36-25-10-6-5-7-11-25/h5-7,10-15,22-23,27-28H,8-9,16-21H2,1-4H3,(H,35,42)(H,40,41)(H2,36,37,44). The molecule has 2 aliphatic rings. The van der Waals surface area contributed by atoms with Gasteiger partial charge in [-0.2, -0.15) is 0 Å². The van der Waals surface area contributed by atoms with Crippen LogP contribution >= 0.6 is 0 Å². The zero-order valence-electron chi connectivity index (χ0n) is 26.5. The molecule has 2 aromatic rings. The van der Waals surface area contributed by atoms with Gasteiger partial charge in [0, 0.05) is 24.0 Å². The third-order valence-electron chi connectivity index (χ3n) is 8.42. The van der Waals surface area contributed by atoms with Gasteiger partial charge < -0.3 is 26.0 Å². The van der Waals surface area contributed by atoms with Crippen molar-refractivity contribution < 1.29 is 29.1 Å².